The van der Waals surface area contributed by atoms with Crippen LogP contribution in [0.25, 0.3) is 0 Å². The molecule has 0 aliphatic carbocycles. The molecule has 2 heterocycles. The Labute approximate surface area is 111 Å². The lowest BCUT2D eigenvalue weighted by Gasteiger charge is -2.41. The zero-order valence-electron chi connectivity index (χ0n) is 12.0. The lowest BCUT2D eigenvalue weighted by Crippen LogP contribution is -2.54. The molecule has 0 saturated carbocycles. The molecule has 2 aliphatic heterocycles. The SMILES string of the molecule is CN1CCCC(CN)(N(C)CC2CCCO2)CC1. The van der Waals surface area contributed by atoms with E-state index in [1.807, 2.05) is 0 Å². The number of hydrogen-bond acceptors (Lipinski definition) is 4. The molecule has 0 radical (unpaired) electrons. The summed E-state index contributed by atoms with van der Waals surface area (Å²) in [7, 11) is 4.45. The molecule has 4 heteroatoms. The van der Waals surface area contributed by atoms with Crippen LogP contribution in [-0.2, 0) is 4.74 Å². The van der Waals surface area contributed by atoms with Gasteiger partial charge in [0.1, 0.15) is 0 Å². The van der Waals surface area contributed by atoms with Crippen LogP contribution < -0.4 is 5.73 Å². The Bertz CT molecular complexity index is 255. The lowest BCUT2D eigenvalue weighted by atomic mass is 9.88. The third-order valence-corrected chi connectivity index (χ3v) is 4.83. The van der Waals surface area contributed by atoms with Gasteiger partial charge >= 0.3 is 0 Å². The van der Waals surface area contributed by atoms with Gasteiger partial charge in [-0.25, -0.2) is 0 Å². The molecule has 2 aliphatic rings. The molecule has 2 unspecified atom stereocenters. The van der Waals surface area contributed by atoms with Gasteiger partial charge in [-0.1, -0.05) is 0 Å². The Morgan fingerprint density at radius 2 is 2.17 bits per heavy atom. The van der Waals surface area contributed by atoms with E-state index in [1.54, 1.807) is 0 Å². The average Bonchev–Trinajstić information content (AvgIpc) is 2.78. The smallest absolute Gasteiger partial charge is 0.0702 e. The minimum atomic E-state index is 0.191. The highest BCUT2D eigenvalue weighted by Gasteiger charge is 2.36. The molecule has 2 fully saturated rings. The van der Waals surface area contributed by atoms with Crippen molar-refractivity contribution in [3.05, 3.63) is 0 Å². The van der Waals surface area contributed by atoms with Crippen LogP contribution in [0, 0.1) is 0 Å². The summed E-state index contributed by atoms with van der Waals surface area (Å²) < 4.78 is 5.76. The number of rotatable bonds is 4. The van der Waals surface area contributed by atoms with Crippen LogP contribution in [0.4, 0.5) is 0 Å². The summed E-state index contributed by atoms with van der Waals surface area (Å²) in [6.07, 6.45) is 6.52. The van der Waals surface area contributed by atoms with Gasteiger partial charge in [0.2, 0.25) is 0 Å². The van der Waals surface area contributed by atoms with Gasteiger partial charge < -0.3 is 15.4 Å². The maximum Gasteiger partial charge on any atom is 0.0702 e. The van der Waals surface area contributed by atoms with Crippen molar-refractivity contribution in [1.29, 1.82) is 0 Å². The Morgan fingerprint density at radius 3 is 2.83 bits per heavy atom. The summed E-state index contributed by atoms with van der Waals surface area (Å²) in [4.78, 5) is 4.92. The number of hydrogen-bond donors (Lipinski definition) is 1. The van der Waals surface area contributed by atoms with E-state index in [1.165, 1.54) is 38.6 Å². The van der Waals surface area contributed by atoms with Crippen LogP contribution in [0.5, 0.6) is 0 Å². The normalized spacial score (nSPS) is 35.0. The second-order valence-electron chi connectivity index (χ2n) is 6.10. The summed E-state index contributed by atoms with van der Waals surface area (Å²) in [5.41, 5.74) is 6.32. The fourth-order valence-corrected chi connectivity index (χ4v) is 3.34. The summed E-state index contributed by atoms with van der Waals surface area (Å²) in [5, 5.41) is 0. The van der Waals surface area contributed by atoms with Gasteiger partial charge in [-0.3, -0.25) is 4.90 Å². The van der Waals surface area contributed by atoms with Gasteiger partial charge in [-0.05, 0) is 59.3 Å². The van der Waals surface area contributed by atoms with Gasteiger partial charge in [0, 0.05) is 25.2 Å². The molecular formula is C14H29N3O. The van der Waals surface area contributed by atoms with E-state index in [2.05, 4.69) is 23.9 Å². The first-order valence-corrected chi connectivity index (χ1v) is 7.38. The minimum Gasteiger partial charge on any atom is -0.377 e. The largest absolute Gasteiger partial charge is 0.377 e. The Kier molecular flexibility index (Phi) is 5.01. The first-order valence-electron chi connectivity index (χ1n) is 7.38. The number of likely N-dealkylation sites (tertiary alicyclic amines) is 1. The molecule has 106 valence electrons. The van der Waals surface area contributed by atoms with E-state index in [0.717, 1.165) is 26.2 Å². The second-order valence-corrected chi connectivity index (χ2v) is 6.10. The maximum atomic E-state index is 6.13. The molecule has 2 rings (SSSR count). The van der Waals surface area contributed by atoms with E-state index in [-0.39, 0.29) is 5.54 Å². The summed E-state index contributed by atoms with van der Waals surface area (Å²) >= 11 is 0. The Morgan fingerprint density at radius 1 is 1.33 bits per heavy atom. The van der Waals surface area contributed by atoms with Crippen molar-refractivity contribution in [2.24, 2.45) is 5.73 Å². The van der Waals surface area contributed by atoms with Crippen molar-refractivity contribution >= 4 is 0 Å². The highest BCUT2D eigenvalue weighted by atomic mass is 16.5. The monoisotopic (exact) mass is 255 g/mol. The third-order valence-electron chi connectivity index (χ3n) is 4.83. The quantitative estimate of drug-likeness (QED) is 0.811. The Hall–Kier alpha value is -0.160. The Balaban J connectivity index is 1.95. The van der Waals surface area contributed by atoms with E-state index in [4.69, 9.17) is 10.5 Å². The molecule has 2 N–H and O–H groups in total. The molecule has 0 amide bonds. The fraction of sp³-hybridized carbons (Fsp3) is 1.00. The molecular weight excluding hydrogens is 226 g/mol. The van der Waals surface area contributed by atoms with Gasteiger partial charge in [-0.2, -0.15) is 0 Å². The molecule has 0 spiro atoms. The van der Waals surface area contributed by atoms with Crippen LogP contribution in [0.2, 0.25) is 0 Å². The predicted octanol–water partition coefficient (Wildman–Crippen LogP) is 0.910. The van der Waals surface area contributed by atoms with E-state index < -0.39 is 0 Å². The zero-order valence-corrected chi connectivity index (χ0v) is 12.0. The molecule has 4 nitrogen and oxygen atoms in total. The third kappa shape index (κ3) is 3.23. The number of nitrogens with two attached hydrogens (primary N) is 1. The first kappa shape index (κ1) is 14.3. The van der Waals surface area contributed by atoms with Crippen molar-refractivity contribution in [2.75, 3.05) is 46.9 Å². The van der Waals surface area contributed by atoms with E-state index in [9.17, 15) is 0 Å². The molecule has 2 saturated heterocycles. The van der Waals surface area contributed by atoms with Crippen LogP contribution >= 0.6 is 0 Å². The van der Waals surface area contributed by atoms with Crippen molar-refractivity contribution in [3.63, 3.8) is 0 Å². The zero-order chi connectivity index (χ0) is 13.0. The highest BCUT2D eigenvalue weighted by Crippen LogP contribution is 2.28. The first-order chi connectivity index (χ1) is 8.66. The van der Waals surface area contributed by atoms with Gasteiger partial charge in [0.15, 0.2) is 0 Å². The molecule has 0 bridgehead atoms. The summed E-state index contributed by atoms with van der Waals surface area (Å²) in [6.45, 7) is 5.12. The number of nitrogens with zero attached hydrogens (tertiary/aromatic N) is 2. The second kappa shape index (κ2) is 6.33. The standard InChI is InChI=1S/C14H29N3O/c1-16-8-4-6-14(12-15,7-9-16)17(2)11-13-5-3-10-18-13/h13H,3-12,15H2,1-2H3. The molecule has 0 aromatic heterocycles. The van der Waals surface area contributed by atoms with Crippen molar-refractivity contribution in [1.82, 2.24) is 9.80 Å². The van der Waals surface area contributed by atoms with Crippen LogP contribution in [0.3, 0.4) is 0 Å². The maximum absolute atomic E-state index is 6.13. The summed E-state index contributed by atoms with van der Waals surface area (Å²) in [6, 6.07) is 0. The van der Waals surface area contributed by atoms with Crippen LogP contribution in [-0.4, -0.2) is 68.3 Å². The molecule has 18 heavy (non-hydrogen) atoms. The molecule has 0 aromatic carbocycles. The lowest BCUT2D eigenvalue weighted by molar-refractivity contribution is 0.0307. The van der Waals surface area contributed by atoms with Gasteiger partial charge in [0.25, 0.3) is 0 Å². The predicted molar refractivity (Wildman–Crippen MR) is 74.7 cm³/mol. The van der Waals surface area contributed by atoms with Crippen LogP contribution in [0.1, 0.15) is 32.1 Å². The van der Waals surface area contributed by atoms with Crippen molar-refractivity contribution in [3.8, 4) is 0 Å². The van der Waals surface area contributed by atoms with Gasteiger partial charge in [-0.15, -0.1) is 0 Å². The van der Waals surface area contributed by atoms with Crippen molar-refractivity contribution in [2.45, 2.75) is 43.7 Å². The molecule has 2 atom stereocenters. The highest BCUT2D eigenvalue weighted by molar-refractivity contribution is 4.94. The number of likely N-dealkylation sites (N-methyl/N-ethyl adjacent to an activating group) is 1. The summed E-state index contributed by atoms with van der Waals surface area (Å²) in [5.74, 6) is 0. The fourth-order valence-electron chi connectivity index (χ4n) is 3.34. The van der Waals surface area contributed by atoms with Gasteiger partial charge in [0.05, 0.1) is 6.10 Å². The number of ether oxygens (including phenoxy) is 1. The van der Waals surface area contributed by atoms with Crippen molar-refractivity contribution < 1.29 is 4.74 Å². The average molecular weight is 255 g/mol. The minimum absolute atomic E-state index is 0.191. The van der Waals surface area contributed by atoms with E-state index >= 15 is 0 Å². The topological polar surface area (TPSA) is 41.7 Å². The molecule has 0 aromatic rings. The van der Waals surface area contributed by atoms with E-state index in [0.29, 0.717) is 6.10 Å². The van der Waals surface area contributed by atoms with Crippen LogP contribution in [0.15, 0.2) is 0 Å².